The van der Waals surface area contributed by atoms with Crippen LogP contribution in [0.1, 0.15) is 48.0 Å². The van der Waals surface area contributed by atoms with Crippen molar-refractivity contribution in [3.8, 4) is 0 Å². The Morgan fingerprint density at radius 1 is 1.16 bits per heavy atom. The van der Waals surface area contributed by atoms with E-state index in [0.29, 0.717) is 30.1 Å². The number of nitrogens with one attached hydrogen (secondary N) is 1. The summed E-state index contributed by atoms with van der Waals surface area (Å²) in [6, 6.07) is 7.53. The van der Waals surface area contributed by atoms with Crippen molar-refractivity contribution in [3.63, 3.8) is 0 Å². The highest BCUT2D eigenvalue weighted by Crippen LogP contribution is 2.16. The summed E-state index contributed by atoms with van der Waals surface area (Å²) in [5, 5.41) is 16.3. The molecule has 7 heteroatoms. The Morgan fingerprint density at radius 3 is 2.68 bits per heavy atom. The van der Waals surface area contributed by atoms with Crippen LogP contribution in [0, 0.1) is 0 Å². The van der Waals surface area contributed by atoms with Gasteiger partial charge in [0.1, 0.15) is 0 Å². The molecule has 0 fully saturated rings. The molecule has 0 unspecified atom stereocenters. The van der Waals surface area contributed by atoms with Gasteiger partial charge in [0, 0.05) is 24.2 Å². The molecule has 0 aliphatic heterocycles. The summed E-state index contributed by atoms with van der Waals surface area (Å²) < 4.78 is 1.68. The molecule has 0 aliphatic rings. The Morgan fingerprint density at radius 2 is 1.92 bits per heavy atom. The topological polar surface area (TPSA) is 84.2 Å². The van der Waals surface area contributed by atoms with Crippen molar-refractivity contribution in [2.75, 3.05) is 6.54 Å². The van der Waals surface area contributed by atoms with E-state index in [2.05, 4.69) is 10.4 Å². The van der Waals surface area contributed by atoms with Gasteiger partial charge in [-0.25, -0.2) is 0 Å². The van der Waals surface area contributed by atoms with Crippen molar-refractivity contribution in [1.29, 1.82) is 0 Å². The van der Waals surface area contributed by atoms with Crippen LogP contribution >= 0.6 is 11.6 Å². The summed E-state index contributed by atoms with van der Waals surface area (Å²) in [6.45, 7) is 1.08. The Bertz CT molecular complexity index is 715. The number of aliphatic carboxylic acids is 1. The van der Waals surface area contributed by atoms with Gasteiger partial charge in [0.05, 0.1) is 18.3 Å². The van der Waals surface area contributed by atoms with Crippen LogP contribution < -0.4 is 5.32 Å². The summed E-state index contributed by atoms with van der Waals surface area (Å²) in [6.07, 6.45) is 6.72. The molecule has 1 aromatic carbocycles. The van der Waals surface area contributed by atoms with E-state index in [1.807, 2.05) is 24.3 Å². The molecule has 1 aromatic heterocycles. The maximum Gasteiger partial charge on any atom is 0.303 e. The number of hydrogen-bond acceptors (Lipinski definition) is 3. The fourth-order valence-electron chi connectivity index (χ4n) is 2.43. The minimum absolute atomic E-state index is 0.157. The quantitative estimate of drug-likeness (QED) is 0.634. The highest BCUT2D eigenvalue weighted by atomic mass is 35.5. The monoisotopic (exact) mass is 363 g/mol. The summed E-state index contributed by atoms with van der Waals surface area (Å²) in [4.78, 5) is 22.5. The number of rotatable bonds is 10. The number of carboxylic acids is 1. The van der Waals surface area contributed by atoms with Gasteiger partial charge in [-0.3, -0.25) is 14.3 Å². The zero-order chi connectivity index (χ0) is 18.1. The highest BCUT2D eigenvalue weighted by molar-refractivity contribution is 6.31. The van der Waals surface area contributed by atoms with Crippen molar-refractivity contribution in [2.45, 2.75) is 38.6 Å². The summed E-state index contributed by atoms with van der Waals surface area (Å²) >= 11 is 6.13. The Hall–Kier alpha value is -2.34. The van der Waals surface area contributed by atoms with Crippen LogP contribution in [0.5, 0.6) is 0 Å². The van der Waals surface area contributed by atoms with E-state index < -0.39 is 5.97 Å². The second kappa shape index (κ2) is 9.84. The first-order chi connectivity index (χ1) is 12.1. The van der Waals surface area contributed by atoms with E-state index in [0.717, 1.165) is 24.8 Å². The van der Waals surface area contributed by atoms with Gasteiger partial charge in [0.15, 0.2) is 0 Å². The first-order valence-electron chi connectivity index (χ1n) is 8.32. The minimum atomic E-state index is -0.762. The molecule has 1 heterocycles. The van der Waals surface area contributed by atoms with E-state index in [1.54, 1.807) is 17.1 Å². The summed E-state index contributed by atoms with van der Waals surface area (Å²) in [5.41, 5.74) is 1.46. The molecule has 1 amide bonds. The predicted octanol–water partition coefficient (Wildman–Crippen LogP) is 3.35. The first-order valence-corrected chi connectivity index (χ1v) is 8.70. The van der Waals surface area contributed by atoms with Gasteiger partial charge in [-0.1, -0.05) is 42.6 Å². The fourth-order valence-corrected chi connectivity index (χ4v) is 2.62. The third-order valence-electron chi connectivity index (χ3n) is 3.79. The smallest absolute Gasteiger partial charge is 0.303 e. The number of carboxylic acid groups (broad SMARTS) is 1. The SMILES string of the molecule is O=C(O)CCCCCCNC(=O)c1cnn(Cc2ccccc2Cl)c1. The molecule has 2 rings (SSSR count). The molecule has 2 aromatic rings. The number of nitrogens with zero attached hydrogens (tertiary/aromatic N) is 2. The number of carbonyl (C=O) groups is 2. The summed E-state index contributed by atoms with van der Waals surface area (Å²) in [5.74, 6) is -0.918. The number of benzene rings is 1. The normalized spacial score (nSPS) is 10.6. The number of carbonyl (C=O) groups excluding carboxylic acids is 1. The molecule has 2 N–H and O–H groups in total. The van der Waals surface area contributed by atoms with Crippen LogP contribution in [-0.4, -0.2) is 33.3 Å². The lowest BCUT2D eigenvalue weighted by Crippen LogP contribution is -2.24. The number of hydrogen-bond donors (Lipinski definition) is 2. The molecule has 0 spiro atoms. The van der Waals surface area contributed by atoms with Gasteiger partial charge >= 0.3 is 5.97 Å². The zero-order valence-electron chi connectivity index (χ0n) is 13.9. The van der Waals surface area contributed by atoms with Gasteiger partial charge in [-0.15, -0.1) is 0 Å². The second-order valence-corrected chi connectivity index (χ2v) is 6.24. The average molecular weight is 364 g/mol. The predicted molar refractivity (Wildman–Crippen MR) is 95.8 cm³/mol. The van der Waals surface area contributed by atoms with Crippen LogP contribution in [0.3, 0.4) is 0 Å². The van der Waals surface area contributed by atoms with Crippen molar-refractivity contribution in [1.82, 2.24) is 15.1 Å². The van der Waals surface area contributed by atoms with E-state index in [-0.39, 0.29) is 12.3 Å². The minimum Gasteiger partial charge on any atom is -0.481 e. The lowest BCUT2D eigenvalue weighted by atomic mass is 10.1. The number of amides is 1. The molecule has 0 saturated carbocycles. The molecule has 0 saturated heterocycles. The molecular weight excluding hydrogens is 342 g/mol. The van der Waals surface area contributed by atoms with Gasteiger partial charge in [-0.05, 0) is 24.5 Å². The van der Waals surface area contributed by atoms with Crippen LogP contribution in [0.25, 0.3) is 0 Å². The molecule has 0 radical (unpaired) electrons. The largest absolute Gasteiger partial charge is 0.481 e. The van der Waals surface area contributed by atoms with Crippen molar-refractivity contribution < 1.29 is 14.7 Å². The van der Waals surface area contributed by atoms with Gasteiger partial charge in [0.25, 0.3) is 5.91 Å². The maximum atomic E-state index is 12.1. The van der Waals surface area contributed by atoms with Crippen LogP contribution in [0.4, 0.5) is 0 Å². The maximum absolute atomic E-state index is 12.1. The Labute approximate surface area is 151 Å². The van der Waals surface area contributed by atoms with Crippen LogP contribution in [-0.2, 0) is 11.3 Å². The van der Waals surface area contributed by atoms with E-state index in [1.165, 1.54) is 0 Å². The molecule has 25 heavy (non-hydrogen) atoms. The fraction of sp³-hybridized carbons (Fsp3) is 0.389. The average Bonchev–Trinajstić information content (AvgIpc) is 3.04. The van der Waals surface area contributed by atoms with Crippen LogP contribution in [0.2, 0.25) is 5.02 Å². The third-order valence-corrected chi connectivity index (χ3v) is 4.16. The van der Waals surface area contributed by atoms with Crippen molar-refractivity contribution >= 4 is 23.5 Å². The molecule has 0 bridgehead atoms. The van der Waals surface area contributed by atoms with Gasteiger partial charge in [-0.2, -0.15) is 5.10 Å². The number of halogens is 1. The standard InChI is InChI=1S/C18H22ClN3O3/c19-16-8-5-4-7-14(16)12-22-13-15(11-21-22)18(25)20-10-6-2-1-3-9-17(23)24/h4-5,7-8,11,13H,1-3,6,9-10,12H2,(H,20,25)(H,23,24). The molecule has 0 atom stereocenters. The van der Waals surface area contributed by atoms with Crippen molar-refractivity contribution in [3.05, 3.63) is 52.8 Å². The van der Waals surface area contributed by atoms with E-state index in [9.17, 15) is 9.59 Å². The molecule has 6 nitrogen and oxygen atoms in total. The number of unbranched alkanes of at least 4 members (excludes halogenated alkanes) is 3. The lowest BCUT2D eigenvalue weighted by Gasteiger charge is -2.04. The Kier molecular flexibility index (Phi) is 7.47. The van der Waals surface area contributed by atoms with Crippen LogP contribution in [0.15, 0.2) is 36.7 Å². The van der Waals surface area contributed by atoms with E-state index in [4.69, 9.17) is 16.7 Å². The number of aromatic nitrogens is 2. The van der Waals surface area contributed by atoms with E-state index >= 15 is 0 Å². The Balaban J connectivity index is 1.71. The van der Waals surface area contributed by atoms with Gasteiger partial charge < -0.3 is 10.4 Å². The molecule has 0 aliphatic carbocycles. The lowest BCUT2D eigenvalue weighted by molar-refractivity contribution is -0.137. The first kappa shape index (κ1) is 19.0. The highest BCUT2D eigenvalue weighted by Gasteiger charge is 2.09. The zero-order valence-corrected chi connectivity index (χ0v) is 14.7. The molecular formula is C18H22ClN3O3. The van der Waals surface area contributed by atoms with Crippen molar-refractivity contribution in [2.24, 2.45) is 0 Å². The van der Waals surface area contributed by atoms with Gasteiger partial charge in [0.2, 0.25) is 0 Å². The third kappa shape index (κ3) is 6.58. The summed E-state index contributed by atoms with van der Waals surface area (Å²) in [7, 11) is 0. The molecule has 134 valence electrons. The second-order valence-electron chi connectivity index (χ2n) is 5.83.